The molecular formula is C19H20N2O4. The van der Waals surface area contributed by atoms with Gasteiger partial charge in [-0.3, -0.25) is 10.1 Å². The number of ether oxygens (including phenoxy) is 3. The quantitative estimate of drug-likeness (QED) is 0.846. The van der Waals surface area contributed by atoms with Gasteiger partial charge in [-0.15, -0.1) is 0 Å². The number of methoxy groups -OCH3 is 1. The molecule has 0 aromatic heterocycles. The molecule has 0 saturated heterocycles. The monoisotopic (exact) mass is 340 g/mol. The molecule has 1 fully saturated rings. The van der Waals surface area contributed by atoms with E-state index in [-0.39, 0.29) is 24.8 Å². The lowest BCUT2D eigenvalue weighted by molar-refractivity contribution is -0.115. The van der Waals surface area contributed by atoms with Crippen molar-refractivity contribution in [2.75, 3.05) is 25.8 Å². The Hall–Kier alpha value is -2.73. The summed E-state index contributed by atoms with van der Waals surface area (Å²) in [6.45, 7) is 0.518. The molecule has 1 heterocycles. The molecule has 1 saturated carbocycles. The van der Waals surface area contributed by atoms with E-state index in [0.29, 0.717) is 0 Å². The Kier molecular flexibility index (Phi) is 3.97. The Labute approximate surface area is 146 Å². The maximum atomic E-state index is 12.2. The molecule has 4 rings (SSSR count). The first-order chi connectivity index (χ1) is 12.2. The minimum Gasteiger partial charge on any atom is -0.497 e. The summed E-state index contributed by atoms with van der Waals surface area (Å²) in [4.78, 5) is 12.2. The number of fused-ring (bicyclic) bond motifs is 1. The fourth-order valence-electron chi connectivity index (χ4n) is 3.02. The Balaban J connectivity index is 1.36. The SMILES string of the molecule is COc1ccc(NC(=O)CNC2(c3ccc4c(c3)OCO4)CC2)cc1. The highest BCUT2D eigenvalue weighted by Crippen LogP contribution is 2.48. The average molecular weight is 340 g/mol. The molecule has 1 amide bonds. The zero-order valence-electron chi connectivity index (χ0n) is 14.0. The molecule has 0 radical (unpaired) electrons. The van der Waals surface area contributed by atoms with E-state index in [1.54, 1.807) is 7.11 Å². The first-order valence-corrected chi connectivity index (χ1v) is 8.28. The molecule has 6 heteroatoms. The highest BCUT2D eigenvalue weighted by atomic mass is 16.7. The van der Waals surface area contributed by atoms with Crippen LogP contribution in [0.3, 0.4) is 0 Å². The van der Waals surface area contributed by atoms with Crippen molar-refractivity contribution < 1.29 is 19.0 Å². The predicted octanol–water partition coefficient (Wildman–Crippen LogP) is 2.64. The van der Waals surface area contributed by atoms with Crippen LogP contribution >= 0.6 is 0 Å². The lowest BCUT2D eigenvalue weighted by atomic mass is 10.0. The van der Waals surface area contributed by atoms with Crippen molar-refractivity contribution in [3.8, 4) is 17.2 Å². The molecule has 0 bridgehead atoms. The van der Waals surface area contributed by atoms with Crippen LogP contribution in [0.2, 0.25) is 0 Å². The van der Waals surface area contributed by atoms with E-state index in [2.05, 4.69) is 10.6 Å². The van der Waals surface area contributed by atoms with Gasteiger partial charge in [0.25, 0.3) is 0 Å². The van der Waals surface area contributed by atoms with E-state index in [1.807, 2.05) is 42.5 Å². The number of rotatable bonds is 6. The topological polar surface area (TPSA) is 68.8 Å². The van der Waals surface area contributed by atoms with Crippen molar-refractivity contribution in [1.82, 2.24) is 5.32 Å². The predicted molar refractivity (Wildman–Crippen MR) is 93.1 cm³/mol. The van der Waals surface area contributed by atoms with Crippen LogP contribution in [0.4, 0.5) is 5.69 Å². The van der Waals surface area contributed by atoms with Crippen LogP contribution in [0.5, 0.6) is 17.2 Å². The number of anilines is 1. The number of hydrogen-bond donors (Lipinski definition) is 2. The molecule has 0 unspecified atom stereocenters. The van der Waals surface area contributed by atoms with Gasteiger partial charge in [-0.1, -0.05) is 6.07 Å². The summed E-state index contributed by atoms with van der Waals surface area (Å²) in [5.74, 6) is 2.23. The van der Waals surface area contributed by atoms with Crippen molar-refractivity contribution in [3.63, 3.8) is 0 Å². The molecule has 1 aliphatic heterocycles. The van der Waals surface area contributed by atoms with Crippen LogP contribution in [0, 0.1) is 0 Å². The molecule has 0 spiro atoms. The highest BCUT2D eigenvalue weighted by Gasteiger charge is 2.44. The van der Waals surface area contributed by atoms with Crippen LogP contribution in [0.25, 0.3) is 0 Å². The number of hydrogen-bond acceptors (Lipinski definition) is 5. The Morgan fingerprint density at radius 1 is 1.12 bits per heavy atom. The lowest BCUT2D eigenvalue weighted by Gasteiger charge is -2.18. The first-order valence-electron chi connectivity index (χ1n) is 8.28. The van der Waals surface area contributed by atoms with Crippen molar-refractivity contribution in [2.45, 2.75) is 18.4 Å². The second-order valence-corrected chi connectivity index (χ2v) is 6.28. The highest BCUT2D eigenvalue weighted by molar-refractivity contribution is 5.92. The Morgan fingerprint density at radius 2 is 1.88 bits per heavy atom. The summed E-state index contributed by atoms with van der Waals surface area (Å²) >= 11 is 0. The van der Waals surface area contributed by atoms with Gasteiger partial charge >= 0.3 is 0 Å². The third-order valence-corrected chi connectivity index (χ3v) is 4.64. The van der Waals surface area contributed by atoms with Crippen LogP contribution in [0.1, 0.15) is 18.4 Å². The first kappa shape index (κ1) is 15.8. The van der Waals surface area contributed by atoms with Gasteiger partial charge in [-0.05, 0) is 54.8 Å². The zero-order chi connectivity index (χ0) is 17.3. The molecule has 2 aliphatic rings. The summed E-state index contributed by atoms with van der Waals surface area (Å²) in [5, 5.41) is 6.27. The van der Waals surface area contributed by atoms with Gasteiger partial charge in [-0.25, -0.2) is 0 Å². The van der Waals surface area contributed by atoms with Crippen LogP contribution < -0.4 is 24.8 Å². The fourth-order valence-corrected chi connectivity index (χ4v) is 3.02. The number of amides is 1. The zero-order valence-corrected chi connectivity index (χ0v) is 14.0. The lowest BCUT2D eigenvalue weighted by Crippen LogP contribution is -2.36. The van der Waals surface area contributed by atoms with E-state index in [0.717, 1.165) is 41.3 Å². The van der Waals surface area contributed by atoms with E-state index < -0.39 is 0 Å². The van der Waals surface area contributed by atoms with Crippen LogP contribution in [-0.2, 0) is 10.3 Å². The molecule has 1 aliphatic carbocycles. The maximum Gasteiger partial charge on any atom is 0.238 e. The van der Waals surface area contributed by atoms with Crippen molar-refractivity contribution in [3.05, 3.63) is 48.0 Å². The molecule has 130 valence electrons. The molecular weight excluding hydrogens is 320 g/mol. The number of benzene rings is 2. The van der Waals surface area contributed by atoms with Gasteiger partial charge in [0.15, 0.2) is 11.5 Å². The van der Waals surface area contributed by atoms with Crippen molar-refractivity contribution >= 4 is 11.6 Å². The third-order valence-electron chi connectivity index (χ3n) is 4.64. The smallest absolute Gasteiger partial charge is 0.238 e. The summed E-state index contributed by atoms with van der Waals surface area (Å²) in [7, 11) is 1.61. The van der Waals surface area contributed by atoms with E-state index in [4.69, 9.17) is 14.2 Å². The van der Waals surface area contributed by atoms with Crippen molar-refractivity contribution in [2.24, 2.45) is 0 Å². The second kappa shape index (κ2) is 6.29. The minimum atomic E-state index is -0.141. The van der Waals surface area contributed by atoms with Gasteiger partial charge in [0.05, 0.1) is 13.7 Å². The minimum absolute atomic E-state index is 0.0721. The summed E-state index contributed by atoms with van der Waals surface area (Å²) < 4.78 is 15.9. The van der Waals surface area contributed by atoms with Gasteiger partial charge in [-0.2, -0.15) is 0 Å². The normalized spacial score (nSPS) is 16.4. The molecule has 0 atom stereocenters. The van der Waals surface area contributed by atoms with Gasteiger partial charge in [0, 0.05) is 11.2 Å². The van der Waals surface area contributed by atoms with E-state index in [1.165, 1.54) is 0 Å². The largest absolute Gasteiger partial charge is 0.497 e. The van der Waals surface area contributed by atoms with Crippen LogP contribution in [0.15, 0.2) is 42.5 Å². The number of nitrogens with one attached hydrogen (secondary N) is 2. The maximum absolute atomic E-state index is 12.2. The fraction of sp³-hybridized carbons (Fsp3) is 0.316. The standard InChI is InChI=1S/C19H20N2O4/c1-23-15-5-3-14(4-6-15)21-18(22)11-20-19(8-9-19)13-2-7-16-17(10-13)25-12-24-16/h2-7,10,20H,8-9,11-12H2,1H3,(H,21,22). The summed E-state index contributed by atoms with van der Waals surface area (Å²) in [5.41, 5.74) is 1.74. The molecule has 6 nitrogen and oxygen atoms in total. The molecule has 2 aromatic carbocycles. The molecule has 25 heavy (non-hydrogen) atoms. The van der Waals surface area contributed by atoms with E-state index in [9.17, 15) is 4.79 Å². The number of carbonyl (C=O) groups excluding carboxylic acids is 1. The summed E-state index contributed by atoms with van der Waals surface area (Å²) in [6, 6.07) is 13.2. The Morgan fingerprint density at radius 3 is 2.60 bits per heavy atom. The van der Waals surface area contributed by atoms with Gasteiger partial charge in [0.1, 0.15) is 5.75 Å². The van der Waals surface area contributed by atoms with Gasteiger partial charge < -0.3 is 19.5 Å². The average Bonchev–Trinajstić information content (AvgIpc) is 3.29. The van der Waals surface area contributed by atoms with Gasteiger partial charge in [0.2, 0.25) is 12.7 Å². The molecule has 2 aromatic rings. The third kappa shape index (κ3) is 3.25. The summed E-state index contributed by atoms with van der Waals surface area (Å²) in [6.07, 6.45) is 2.00. The van der Waals surface area contributed by atoms with Crippen LogP contribution in [-0.4, -0.2) is 26.4 Å². The van der Waals surface area contributed by atoms with Crippen molar-refractivity contribution in [1.29, 1.82) is 0 Å². The van der Waals surface area contributed by atoms with E-state index >= 15 is 0 Å². The second-order valence-electron chi connectivity index (χ2n) is 6.28. The number of carbonyl (C=O) groups is 1. The Bertz CT molecular complexity index is 785. The molecule has 2 N–H and O–H groups in total.